The topological polar surface area (TPSA) is 40.9 Å². The van der Waals surface area contributed by atoms with E-state index in [0.29, 0.717) is 15.1 Å². The summed E-state index contributed by atoms with van der Waals surface area (Å²) >= 11 is 10.7. The molecule has 0 saturated heterocycles. The Morgan fingerprint density at radius 2 is 2.17 bits per heavy atom. The average molecular weight is 341 g/mol. The number of ketones is 1. The molecule has 1 unspecified atom stereocenters. The van der Waals surface area contributed by atoms with Gasteiger partial charge in [-0.25, -0.2) is 0 Å². The van der Waals surface area contributed by atoms with Crippen LogP contribution in [-0.4, -0.2) is 5.78 Å². The van der Waals surface area contributed by atoms with Gasteiger partial charge >= 0.3 is 0 Å². The number of rotatable bonds is 3. The van der Waals surface area contributed by atoms with Gasteiger partial charge < -0.3 is 0 Å². The lowest BCUT2D eigenvalue weighted by molar-refractivity contribution is 0.0980. The van der Waals surface area contributed by atoms with E-state index >= 15 is 0 Å². The van der Waals surface area contributed by atoms with Crippen molar-refractivity contribution in [2.75, 3.05) is 0 Å². The van der Waals surface area contributed by atoms with Gasteiger partial charge in [0.05, 0.1) is 11.1 Å². The summed E-state index contributed by atoms with van der Waals surface area (Å²) in [5.41, 5.74) is 0.367. The first-order valence-electron chi connectivity index (χ1n) is 5.06. The summed E-state index contributed by atoms with van der Waals surface area (Å²) in [6.07, 6.45) is 0. The number of carbonyl (C=O) groups is 1. The third-order valence-corrected chi connectivity index (χ3v) is 4.67. The molecule has 0 aliphatic carbocycles. The van der Waals surface area contributed by atoms with Crippen LogP contribution < -0.4 is 0 Å². The van der Waals surface area contributed by atoms with Gasteiger partial charge in [0.15, 0.2) is 5.78 Å². The molecular weight excluding hydrogens is 334 g/mol. The molecule has 0 spiro atoms. The maximum atomic E-state index is 12.3. The lowest BCUT2D eigenvalue weighted by atomic mass is 9.97. The van der Waals surface area contributed by atoms with Crippen LogP contribution in [-0.2, 0) is 0 Å². The van der Waals surface area contributed by atoms with E-state index in [1.807, 2.05) is 17.5 Å². The van der Waals surface area contributed by atoms with Gasteiger partial charge in [0, 0.05) is 14.9 Å². The van der Waals surface area contributed by atoms with Crippen molar-refractivity contribution in [2.45, 2.75) is 5.92 Å². The van der Waals surface area contributed by atoms with Crippen LogP contribution in [0.5, 0.6) is 0 Å². The Morgan fingerprint density at radius 3 is 2.78 bits per heavy atom. The molecule has 0 fully saturated rings. The van der Waals surface area contributed by atoms with E-state index in [4.69, 9.17) is 11.6 Å². The first-order chi connectivity index (χ1) is 8.65. The minimum Gasteiger partial charge on any atom is -0.292 e. The Labute approximate surface area is 122 Å². The summed E-state index contributed by atoms with van der Waals surface area (Å²) in [5.74, 6) is -1.07. The highest BCUT2D eigenvalue weighted by Crippen LogP contribution is 2.31. The zero-order valence-electron chi connectivity index (χ0n) is 9.06. The minimum atomic E-state index is -0.795. The van der Waals surface area contributed by atoms with Gasteiger partial charge in [-0.05, 0) is 39.5 Å². The van der Waals surface area contributed by atoms with Gasteiger partial charge in [-0.2, -0.15) is 5.26 Å². The number of hydrogen-bond donors (Lipinski definition) is 0. The van der Waals surface area contributed by atoms with Crippen LogP contribution in [0.1, 0.15) is 21.2 Å². The third-order valence-electron chi connectivity index (χ3n) is 2.44. The van der Waals surface area contributed by atoms with Crippen LogP contribution in [0.15, 0.2) is 40.2 Å². The fourth-order valence-corrected chi connectivity index (χ4v) is 2.91. The highest BCUT2D eigenvalue weighted by Gasteiger charge is 2.24. The summed E-state index contributed by atoms with van der Waals surface area (Å²) < 4.78 is 0.651. The smallest absolute Gasteiger partial charge is 0.186 e. The lowest BCUT2D eigenvalue weighted by Crippen LogP contribution is -2.10. The summed E-state index contributed by atoms with van der Waals surface area (Å²) in [7, 11) is 0. The molecule has 0 aliphatic rings. The van der Waals surface area contributed by atoms with E-state index < -0.39 is 5.92 Å². The van der Waals surface area contributed by atoms with Crippen molar-refractivity contribution >= 4 is 44.7 Å². The van der Waals surface area contributed by atoms with E-state index in [2.05, 4.69) is 15.9 Å². The molecule has 0 radical (unpaired) electrons. The molecule has 2 nitrogen and oxygen atoms in total. The maximum Gasteiger partial charge on any atom is 0.186 e. The van der Waals surface area contributed by atoms with Gasteiger partial charge in [0.1, 0.15) is 5.92 Å². The molecule has 0 amide bonds. The van der Waals surface area contributed by atoms with Crippen molar-refractivity contribution < 1.29 is 4.79 Å². The van der Waals surface area contributed by atoms with Crippen LogP contribution in [0, 0.1) is 11.3 Å². The first-order valence-corrected chi connectivity index (χ1v) is 7.11. The highest BCUT2D eigenvalue weighted by molar-refractivity contribution is 9.10. The molecule has 2 rings (SSSR count). The Morgan fingerprint density at radius 1 is 1.39 bits per heavy atom. The van der Waals surface area contributed by atoms with Crippen molar-refractivity contribution in [3.8, 4) is 6.07 Å². The number of hydrogen-bond acceptors (Lipinski definition) is 3. The number of thiophene rings is 1. The molecule has 18 heavy (non-hydrogen) atoms. The van der Waals surface area contributed by atoms with Gasteiger partial charge in [0.25, 0.3) is 0 Å². The quantitative estimate of drug-likeness (QED) is 0.763. The number of carbonyl (C=O) groups excluding carboxylic acids is 1. The van der Waals surface area contributed by atoms with Gasteiger partial charge in [-0.1, -0.05) is 23.7 Å². The number of benzene rings is 1. The minimum absolute atomic E-state index is 0.272. The maximum absolute atomic E-state index is 12.3. The molecule has 0 bridgehead atoms. The van der Waals surface area contributed by atoms with Crippen molar-refractivity contribution in [3.63, 3.8) is 0 Å². The van der Waals surface area contributed by atoms with Gasteiger partial charge in [-0.15, -0.1) is 11.3 Å². The Bertz CT molecular complexity index is 618. The summed E-state index contributed by atoms with van der Waals surface area (Å²) in [4.78, 5) is 13.1. The zero-order valence-corrected chi connectivity index (χ0v) is 12.2. The molecule has 90 valence electrons. The zero-order chi connectivity index (χ0) is 13.1. The summed E-state index contributed by atoms with van der Waals surface area (Å²) in [5, 5.41) is 11.4. The van der Waals surface area contributed by atoms with E-state index in [1.165, 1.54) is 11.3 Å². The number of halogens is 2. The van der Waals surface area contributed by atoms with Crippen LogP contribution in [0.2, 0.25) is 5.02 Å². The number of nitriles is 1. The van der Waals surface area contributed by atoms with Crippen molar-refractivity contribution in [2.24, 2.45) is 0 Å². The lowest BCUT2D eigenvalue weighted by Gasteiger charge is -2.08. The molecule has 0 N–H and O–H groups in total. The van der Waals surface area contributed by atoms with Gasteiger partial charge in [-0.3, -0.25) is 4.79 Å². The molecule has 1 aromatic carbocycles. The normalized spacial score (nSPS) is 11.8. The van der Waals surface area contributed by atoms with E-state index in [0.717, 1.165) is 4.88 Å². The Balaban J connectivity index is 2.42. The van der Waals surface area contributed by atoms with Crippen molar-refractivity contribution in [3.05, 3.63) is 55.6 Å². The molecule has 5 heteroatoms. The van der Waals surface area contributed by atoms with Crippen LogP contribution in [0.25, 0.3) is 0 Å². The Hall–Kier alpha value is -1.15. The van der Waals surface area contributed by atoms with E-state index in [-0.39, 0.29) is 5.78 Å². The van der Waals surface area contributed by atoms with Crippen LogP contribution in [0.4, 0.5) is 0 Å². The largest absolute Gasteiger partial charge is 0.292 e. The number of nitrogens with zero attached hydrogens (tertiary/aromatic N) is 1. The summed E-state index contributed by atoms with van der Waals surface area (Å²) in [6.45, 7) is 0. The third kappa shape index (κ3) is 2.49. The van der Waals surface area contributed by atoms with Crippen LogP contribution in [0.3, 0.4) is 0 Å². The fourth-order valence-electron chi connectivity index (χ4n) is 1.56. The predicted molar refractivity (Wildman–Crippen MR) is 76.2 cm³/mol. The van der Waals surface area contributed by atoms with E-state index in [9.17, 15) is 10.1 Å². The Kier molecular flexibility index (Phi) is 4.18. The van der Waals surface area contributed by atoms with Crippen molar-refractivity contribution in [1.82, 2.24) is 0 Å². The second-order valence-corrected chi connectivity index (χ2v) is 5.75. The molecular formula is C13H7BrClNOS. The summed E-state index contributed by atoms with van der Waals surface area (Å²) in [6, 6.07) is 10.8. The fraction of sp³-hybridized carbons (Fsp3) is 0.0769. The average Bonchev–Trinajstić information content (AvgIpc) is 2.87. The molecule has 2 aromatic rings. The second kappa shape index (κ2) is 5.66. The molecule has 1 atom stereocenters. The SMILES string of the molecule is N#CC(C(=O)c1cccc(Br)c1Cl)c1cccs1. The highest BCUT2D eigenvalue weighted by atomic mass is 79.9. The standard InChI is InChI=1S/C13H7BrClNOS/c14-10-4-1-3-8(12(10)15)13(17)9(7-16)11-5-2-6-18-11/h1-6,9H. The molecule has 0 saturated carbocycles. The molecule has 1 aromatic heterocycles. The van der Waals surface area contributed by atoms with E-state index in [1.54, 1.807) is 24.3 Å². The number of Topliss-reactive ketones (excluding diaryl/α,β-unsaturated/α-hetero) is 1. The first kappa shape index (κ1) is 13.3. The van der Waals surface area contributed by atoms with Gasteiger partial charge in [0.2, 0.25) is 0 Å². The second-order valence-electron chi connectivity index (χ2n) is 3.54. The van der Waals surface area contributed by atoms with Crippen molar-refractivity contribution in [1.29, 1.82) is 5.26 Å². The molecule has 0 aliphatic heterocycles. The predicted octanol–water partition coefficient (Wildman–Crippen LogP) is 4.65. The molecule has 1 heterocycles. The van der Waals surface area contributed by atoms with Crippen LogP contribution >= 0.6 is 38.9 Å². The monoisotopic (exact) mass is 339 g/mol.